The second-order valence-corrected chi connectivity index (χ2v) is 4.13. The number of aromatic nitrogens is 1. The third-order valence-corrected chi connectivity index (χ3v) is 2.70. The van der Waals surface area contributed by atoms with Crippen LogP contribution in [0.15, 0.2) is 5.38 Å². The molecular formula is C10H15N3O3S. The van der Waals surface area contributed by atoms with Crippen LogP contribution in [-0.2, 0) is 20.7 Å². The van der Waals surface area contributed by atoms with E-state index in [0.29, 0.717) is 24.6 Å². The van der Waals surface area contributed by atoms with Gasteiger partial charge in [-0.3, -0.25) is 9.59 Å². The number of ether oxygens (including phenoxy) is 1. The van der Waals surface area contributed by atoms with E-state index in [2.05, 4.69) is 10.3 Å². The number of anilines is 1. The van der Waals surface area contributed by atoms with Crippen LogP contribution in [0.4, 0.5) is 5.13 Å². The Bertz CT molecular complexity index is 392. The summed E-state index contributed by atoms with van der Waals surface area (Å²) in [6.07, 6.45) is 0.848. The minimum absolute atomic E-state index is 0.0603. The number of carbonyl (C=O) groups is 2. The van der Waals surface area contributed by atoms with E-state index in [9.17, 15) is 9.59 Å². The summed E-state index contributed by atoms with van der Waals surface area (Å²) in [4.78, 5) is 25.9. The van der Waals surface area contributed by atoms with E-state index in [0.717, 1.165) is 5.69 Å². The van der Waals surface area contributed by atoms with Gasteiger partial charge in [0.1, 0.15) is 0 Å². The van der Waals surface area contributed by atoms with E-state index in [1.165, 1.54) is 11.3 Å². The van der Waals surface area contributed by atoms with Crippen molar-refractivity contribution in [1.82, 2.24) is 4.98 Å². The van der Waals surface area contributed by atoms with Crippen LogP contribution in [0.25, 0.3) is 0 Å². The summed E-state index contributed by atoms with van der Waals surface area (Å²) in [5, 5.41) is 5.26. The predicted molar refractivity (Wildman–Crippen MR) is 64.8 cm³/mol. The average molecular weight is 257 g/mol. The van der Waals surface area contributed by atoms with Crippen LogP contribution in [0.1, 0.15) is 19.0 Å². The number of carbonyl (C=O) groups excluding carboxylic acids is 2. The lowest BCUT2D eigenvalue weighted by atomic mass is 10.2. The first-order valence-corrected chi connectivity index (χ1v) is 6.12. The minimum atomic E-state index is -0.437. The van der Waals surface area contributed by atoms with Crippen molar-refractivity contribution < 1.29 is 14.3 Å². The van der Waals surface area contributed by atoms with Crippen LogP contribution >= 0.6 is 11.3 Å². The van der Waals surface area contributed by atoms with Gasteiger partial charge in [0.25, 0.3) is 0 Å². The van der Waals surface area contributed by atoms with E-state index < -0.39 is 5.91 Å². The topological polar surface area (TPSA) is 94.3 Å². The number of hydrogen-bond donors (Lipinski definition) is 2. The molecule has 0 aromatic carbocycles. The Morgan fingerprint density at radius 2 is 2.35 bits per heavy atom. The molecular weight excluding hydrogens is 242 g/mol. The third kappa shape index (κ3) is 5.30. The summed E-state index contributed by atoms with van der Waals surface area (Å²) in [6, 6.07) is 0. The van der Waals surface area contributed by atoms with Gasteiger partial charge in [-0.05, 0) is 6.92 Å². The van der Waals surface area contributed by atoms with Gasteiger partial charge in [0.15, 0.2) is 5.13 Å². The van der Waals surface area contributed by atoms with Gasteiger partial charge in [0.2, 0.25) is 5.91 Å². The van der Waals surface area contributed by atoms with Crippen molar-refractivity contribution >= 4 is 28.3 Å². The fraction of sp³-hybridized carbons (Fsp3) is 0.500. The van der Waals surface area contributed by atoms with E-state index in [-0.39, 0.29) is 12.5 Å². The van der Waals surface area contributed by atoms with E-state index in [4.69, 9.17) is 10.5 Å². The Labute approximate surface area is 103 Å². The highest BCUT2D eigenvalue weighted by atomic mass is 32.1. The standard InChI is InChI=1S/C10H15N3O3S/c1-2-16-9(15)4-3-7-6-17-10(13-7)12-5-8(11)14/h6H,2-5H2,1H3,(H2,11,14)(H,12,13). The first-order chi connectivity index (χ1) is 8.11. The minimum Gasteiger partial charge on any atom is -0.466 e. The maximum atomic E-state index is 11.1. The summed E-state index contributed by atoms with van der Waals surface area (Å²) in [5.74, 6) is -0.666. The normalized spacial score (nSPS) is 9.94. The van der Waals surface area contributed by atoms with Gasteiger partial charge in [-0.25, -0.2) is 4.98 Å². The lowest BCUT2D eigenvalue weighted by Crippen LogP contribution is -2.21. The monoisotopic (exact) mass is 257 g/mol. The zero-order valence-corrected chi connectivity index (χ0v) is 10.4. The van der Waals surface area contributed by atoms with Crippen molar-refractivity contribution in [2.45, 2.75) is 19.8 Å². The SMILES string of the molecule is CCOC(=O)CCc1csc(NCC(N)=O)n1. The number of aryl methyl sites for hydroxylation is 1. The van der Waals surface area contributed by atoms with Crippen LogP contribution < -0.4 is 11.1 Å². The Morgan fingerprint density at radius 3 is 3.00 bits per heavy atom. The molecule has 0 unspecified atom stereocenters. The molecule has 0 spiro atoms. The number of primary amides is 1. The van der Waals surface area contributed by atoms with Gasteiger partial charge >= 0.3 is 5.97 Å². The van der Waals surface area contributed by atoms with Gasteiger partial charge in [-0.15, -0.1) is 11.3 Å². The number of hydrogen-bond acceptors (Lipinski definition) is 6. The molecule has 0 fully saturated rings. The molecule has 0 aliphatic heterocycles. The number of thiazole rings is 1. The van der Waals surface area contributed by atoms with Gasteiger partial charge in [-0.1, -0.05) is 0 Å². The average Bonchev–Trinajstić information content (AvgIpc) is 2.72. The molecule has 94 valence electrons. The Morgan fingerprint density at radius 1 is 1.59 bits per heavy atom. The third-order valence-electron chi connectivity index (χ3n) is 1.86. The van der Waals surface area contributed by atoms with E-state index in [1.54, 1.807) is 6.92 Å². The van der Waals surface area contributed by atoms with Crippen molar-refractivity contribution in [3.8, 4) is 0 Å². The van der Waals surface area contributed by atoms with Crippen molar-refractivity contribution in [2.75, 3.05) is 18.5 Å². The number of rotatable bonds is 7. The molecule has 0 atom stereocenters. The summed E-state index contributed by atoms with van der Waals surface area (Å²) < 4.78 is 4.81. The fourth-order valence-corrected chi connectivity index (χ4v) is 1.87. The summed E-state index contributed by atoms with van der Waals surface area (Å²) >= 11 is 1.37. The molecule has 6 nitrogen and oxygen atoms in total. The lowest BCUT2D eigenvalue weighted by molar-refractivity contribution is -0.143. The smallest absolute Gasteiger partial charge is 0.306 e. The number of esters is 1. The van der Waals surface area contributed by atoms with Gasteiger partial charge in [0, 0.05) is 11.8 Å². The highest BCUT2D eigenvalue weighted by Crippen LogP contribution is 2.16. The van der Waals surface area contributed by atoms with Gasteiger partial charge < -0.3 is 15.8 Å². The van der Waals surface area contributed by atoms with Crippen LogP contribution in [0, 0.1) is 0 Å². The molecule has 1 aromatic rings. The Hall–Kier alpha value is -1.63. The number of nitrogens with one attached hydrogen (secondary N) is 1. The molecule has 7 heteroatoms. The van der Waals surface area contributed by atoms with E-state index in [1.807, 2.05) is 5.38 Å². The summed E-state index contributed by atoms with van der Waals surface area (Å²) in [6.45, 7) is 2.22. The number of nitrogens with zero attached hydrogens (tertiary/aromatic N) is 1. The zero-order chi connectivity index (χ0) is 12.7. The number of nitrogens with two attached hydrogens (primary N) is 1. The quantitative estimate of drug-likeness (QED) is 0.695. The van der Waals surface area contributed by atoms with Crippen molar-refractivity contribution in [2.24, 2.45) is 5.73 Å². The fourth-order valence-electron chi connectivity index (χ4n) is 1.13. The van der Waals surface area contributed by atoms with Gasteiger partial charge in [0.05, 0.1) is 25.3 Å². The van der Waals surface area contributed by atoms with Crippen LogP contribution in [-0.4, -0.2) is 30.0 Å². The molecule has 1 rings (SSSR count). The Kier molecular flexibility index (Phi) is 5.41. The molecule has 1 aromatic heterocycles. The second-order valence-electron chi connectivity index (χ2n) is 3.27. The van der Waals surface area contributed by atoms with Gasteiger partial charge in [-0.2, -0.15) is 0 Å². The molecule has 0 radical (unpaired) electrons. The van der Waals surface area contributed by atoms with E-state index >= 15 is 0 Å². The molecule has 17 heavy (non-hydrogen) atoms. The largest absolute Gasteiger partial charge is 0.466 e. The molecule has 0 aliphatic carbocycles. The zero-order valence-electron chi connectivity index (χ0n) is 9.56. The van der Waals surface area contributed by atoms with Crippen molar-refractivity contribution in [3.05, 3.63) is 11.1 Å². The molecule has 0 aliphatic rings. The second kappa shape index (κ2) is 6.85. The predicted octanol–water partition coefficient (Wildman–Crippen LogP) is 0.536. The molecule has 0 saturated carbocycles. The maximum absolute atomic E-state index is 11.1. The lowest BCUT2D eigenvalue weighted by Gasteiger charge is -1.99. The van der Waals surface area contributed by atoms with Crippen LogP contribution in [0.2, 0.25) is 0 Å². The molecule has 1 heterocycles. The first kappa shape index (κ1) is 13.4. The summed E-state index contributed by atoms with van der Waals surface area (Å²) in [7, 11) is 0. The highest BCUT2D eigenvalue weighted by molar-refractivity contribution is 7.13. The highest BCUT2D eigenvalue weighted by Gasteiger charge is 2.06. The van der Waals surface area contributed by atoms with Crippen molar-refractivity contribution in [3.63, 3.8) is 0 Å². The first-order valence-electron chi connectivity index (χ1n) is 5.24. The molecule has 3 N–H and O–H groups in total. The molecule has 0 saturated heterocycles. The number of amides is 1. The Balaban J connectivity index is 2.35. The maximum Gasteiger partial charge on any atom is 0.306 e. The van der Waals surface area contributed by atoms with Crippen LogP contribution in [0.3, 0.4) is 0 Å². The van der Waals surface area contributed by atoms with Crippen LogP contribution in [0.5, 0.6) is 0 Å². The molecule has 0 bridgehead atoms. The summed E-state index contributed by atoms with van der Waals surface area (Å²) in [5.41, 5.74) is 5.79. The molecule has 1 amide bonds. The van der Waals surface area contributed by atoms with Crippen molar-refractivity contribution in [1.29, 1.82) is 0 Å².